The number of fused-ring (bicyclic) bond motifs is 1. The van der Waals surface area contributed by atoms with Gasteiger partial charge in [0.25, 0.3) is 0 Å². The van der Waals surface area contributed by atoms with E-state index in [9.17, 15) is 4.79 Å². The molecule has 2 aromatic heterocycles. The first-order valence-electron chi connectivity index (χ1n) is 8.84. The zero-order valence-corrected chi connectivity index (χ0v) is 14.5. The Hall–Kier alpha value is -2.60. The molecule has 0 radical (unpaired) electrons. The quantitative estimate of drug-likeness (QED) is 0.730. The lowest BCUT2D eigenvalue weighted by Crippen LogP contribution is -2.48. The molecule has 3 aromatic rings. The number of piperazine rings is 1. The number of nitrogens with zero attached hydrogens (tertiary/aromatic N) is 5. The van der Waals surface area contributed by atoms with Gasteiger partial charge in [-0.25, -0.2) is 9.78 Å². The molecule has 1 fully saturated rings. The lowest BCUT2D eigenvalue weighted by molar-refractivity contribution is 0.205. The molecule has 130 valence electrons. The molecule has 0 aliphatic carbocycles. The molecule has 0 N–H and O–H groups in total. The van der Waals surface area contributed by atoms with Crippen LogP contribution >= 0.6 is 0 Å². The van der Waals surface area contributed by atoms with Crippen molar-refractivity contribution >= 4 is 16.9 Å². The number of rotatable bonds is 4. The standard InChI is InChI=1S/C19H23N5O/c1-2-23-16-7-3-4-8-17(16)24(19(23)25)15-21-11-13-22(14-12-21)18-9-5-6-10-20-18/h3-10H,2,11-15H2,1H3. The highest BCUT2D eigenvalue weighted by Crippen LogP contribution is 2.16. The zero-order valence-electron chi connectivity index (χ0n) is 14.5. The van der Waals surface area contributed by atoms with Crippen molar-refractivity contribution in [1.29, 1.82) is 0 Å². The molecule has 25 heavy (non-hydrogen) atoms. The van der Waals surface area contributed by atoms with Crippen LogP contribution in [0.4, 0.5) is 5.82 Å². The molecule has 0 bridgehead atoms. The molecule has 1 aliphatic rings. The minimum absolute atomic E-state index is 0.0795. The Bertz CT molecular complexity index is 906. The van der Waals surface area contributed by atoms with E-state index in [0.29, 0.717) is 13.2 Å². The molecule has 0 amide bonds. The maximum atomic E-state index is 12.8. The summed E-state index contributed by atoms with van der Waals surface area (Å²) in [5, 5.41) is 0. The highest BCUT2D eigenvalue weighted by Gasteiger charge is 2.20. The number of para-hydroxylation sites is 2. The number of anilines is 1. The summed E-state index contributed by atoms with van der Waals surface area (Å²) in [4.78, 5) is 21.8. The molecule has 0 spiro atoms. The van der Waals surface area contributed by atoms with Gasteiger partial charge in [0.05, 0.1) is 17.7 Å². The molecule has 4 rings (SSSR count). The molecule has 6 heteroatoms. The highest BCUT2D eigenvalue weighted by molar-refractivity contribution is 5.75. The zero-order chi connectivity index (χ0) is 17.2. The number of aryl methyl sites for hydroxylation is 1. The lowest BCUT2D eigenvalue weighted by atomic mass is 10.3. The largest absolute Gasteiger partial charge is 0.354 e. The second-order valence-corrected chi connectivity index (χ2v) is 6.38. The van der Waals surface area contributed by atoms with E-state index < -0.39 is 0 Å². The van der Waals surface area contributed by atoms with Crippen molar-refractivity contribution in [3.8, 4) is 0 Å². The Morgan fingerprint density at radius 3 is 2.24 bits per heavy atom. The number of benzene rings is 1. The van der Waals surface area contributed by atoms with E-state index in [1.165, 1.54) is 0 Å². The van der Waals surface area contributed by atoms with Crippen molar-refractivity contribution in [3.05, 3.63) is 59.1 Å². The summed E-state index contributed by atoms with van der Waals surface area (Å²) in [5.41, 5.74) is 2.11. The van der Waals surface area contributed by atoms with Crippen molar-refractivity contribution in [2.24, 2.45) is 0 Å². The summed E-state index contributed by atoms with van der Waals surface area (Å²) in [5.74, 6) is 1.03. The molecule has 1 aromatic carbocycles. The van der Waals surface area contributed by atoms with Gasteiger partial charge in [0.15, 0.2) is 0 Å². The summed E-state index contributed by atoms with van der Waals surface area (Å²) < 4.78 is 3.74. The van der Waals surface area contributed by atoms with E-state index in [1.807, 2.05) is 58.7 Å². The first-order valence-corrected chi connectivity index (χ1v) is 8.84. The van der Waals surface area contributed by atoms with E-state index in [0.717, 1.165) is 43.0 Å². The van der Waals surface area contributed by atoms with Crippen molar-refractivity contribution in [3.63, 3.8) is 0 Å². The van der Waals surface area contributed by atoms with Gasteiger partial charge in [0.1, 0.15) is 5.82 Å². The van der Waals surface area contributed by atoms with Crippen LogP contribution in [-0.2, 0) is 13.2 Å². The van der Waals surface area contributed by atoms with Gasteiger partial charge in [0, 0.05) is 38.9 Å². The van der Waals surface area contributed by atoms with Crippen LogP contribution in [0.3, 0.4) is 0 Å². The molecule has 1 aliphatic heterocycles. The van der Waals surface area contributed by atoms with Gasteiger partial charge in [-0.05, 0) is 31.2 Å². The molecule has 1 saturated heterocycles. The number of hydrogen-bond acceptors (Lipinski definition) is 4. The molecule has 0 unspecified atom stereocenters. The number of pyridine rings is 1. The van der Waals surface area contributed by atoms with Gasteiger partial charge in [-0.2, -0.15) is 0 Å². The van der Waals surface area contributed by atoms with E-state index in [-0.39, 0.29) is 5.69 Å². The van der Waals surface area contributed by atoms with Crippen LogP contribution in [0, 0.1) is 0 Å². The number of aromatic nitrogens is 3. The second kappa shape index (κ2) is 6.72. The predicted octanol–water partition coefficient (Wildman–Crippen LogP) is 2.00. The predicted molar refractivity (Wildman–Crippen MR) is 99.9 cm³/mol. The van der Waals surface area contributed by atoms with Gasteiger partial charge in [-0.3, -0.25) is 14.0 Å². The van der Waals surface area contributed by atoms with Crippen LogP contribution < -0.4 is 10.6 Å². The number of imidazole rings is 1. The molecule has 6 nitrogen and oxygen atoms in total. The van der Waals surface area contributed by atoms with Gasteiger partial charge in [-0.15, -0.1) is 0 Å². The molecule has 3 heterocycles. The third-order valence-corrected chi connectivity index (χ3v) is 4.93. The molecule has 0 saturated carbocycles. The SMILES string of the molecule is CCn1c(=O)n(CN2CCN(c3ccccn3)CC2)c2ccccc21. The van der Waals surface area contributed by atoms with Crippen molar-refractivity contribution < 1.29 is 0 Å². The average molecular weight is 337 g/mol. The third-order valence-electron chi connectivity index (χ3n) is 4.93. The van der Waals surface area contributed by atoms with Gasteiger partial charge >= 0.3 is 5.69 Å². The normalized spacial score (nSPS) is 15.8. The van der Waals surface area contributed by atoms with Gasteiger partial charge in [-0.1, -0.05) is 18.2 Å². The fraction of sp³-hybridized carbons (Fsp3) is 0.368. The Kier molecular flexibility index (Phi) is 4.28. The smallest absolute Gasteiger partial charge is 0.330 e. The minimum atomic E-state index is 0.0795. The van der Waals surface area contributed by atoms with Crippen LogP contribution in [0.15, 0.2) is 53.5 Å². The van der Waals surface area contributed by atoms with Crippen molar-refractivity contribution in [2.75, 3.05) is 31.1 Å². The first kappa shape index (κ1) is 15.9. The van der Waals surface area contributed by atoms with E-state index >= 15 is 0 Å². The maximum Gasteiger partial charge on any atom is 0.330 e. The second-order valence-electron chi connectivity index (χ2n) is 6.38. The van der Waals surface area contributed by atoms with E-state index in [4.69, 9.17) is 0 Å². The van der Waals surface area contributed by atoms with Gasteiger partial charge in [0.2, 0.25) is 0 Å². The molecule has 0 atom stereocenters. The summed E-state index contributed by atoms with van der Waals surface area (Å²) in [6.07, 6.45) is 1.83. The summed E-state index contributed by atoms with van der Waals surface area (Å²) >= 11 is 0. The van der Waals surface area contributed by atoms with E-state index in [2.05, 4.69) is 20.9 Å². The summed E-state index contributed by atoms with van der Waals surface area (Å²) in [6.45, 7) is 7.06. The van der Waals surface area contributed by atoms with Crippen LogP contribution in [-0.4, -0.2) is 45.2 Å². The Morgan fingerprint density at radius 1 is 0.920 bits per heavy atom. The highest BCUT2D eigenvalue weighted by atomic mass is 16.1. The first-order chi connectivity index (χ1) is 12.3. The minimum Gasteiger partial charge on any atom is -0.354 e. The summed E-state index contributed by atoms with van der Waals surface area (Å²) in [6, 6.07) is 14.1. The third kappa shape index (κ3) is 2.93. The maximum absolute atomic E-state index is 12.8. The lowest BCUT2D eigenvalue weighted by Gasteiger charge is -2.35. The van der Waals surface area contributed by atoms with Crippen LogP contribution in [0.2, 0.25) is 0 Å². The molecular formula is C19H23N5O. The van der Waals surface area contributed by atoms with E-state index in [1.54, 1.807) is 0 Å². The van der Waals surface area contributed by atoms with Crippen LogP contribution in [0.25, 0.3) is 11.0 Å². The monoisotopic (exact) mass is 337 g/mol. The topological polar surface area (TPSA) is 46.3 Å². The fourth-order valence-corrected chi connectivity index (χ4v) is 3.57. The summed E-state index contributed by atoms with van der Waals surface area (Å²) in [7, 11) is 0. The number of hydrogen-bond donors (Lipinski definition) is 0. The Labute approximate surface area is 146 Å². The van der Waals surface area contributed by atoms with Crippen molar-refractivity contribution in [1.82, 2.24) is 19.0 Å². The van der Waals surface area contributed by atoms with Gasteiger partial charge < -0.3 is 4.90 Å². The van der Waals surface area contributed by atoms with Crippen LogP contribution in [0.5, 0.6) is 0 Å². The fourth-order valence-electron chi connectivity index (χ4n) is 3.57. The Morgan fingerprint density at radius 2 is 1.60 bits per heavy atom. The van der Waals surface area contributed by atoms with Crippen molar-refractivity contribution in [2.45, 2.75) is 20.1 Å². The molecular weight excluding hydrogens is 314 g/mol. The Balaban J connectivity index is 1.52. The van der Waals surface area contributed by atoms with Crippen LogP contribution in [0.1, 0.15) is 6.92 Å². The average Bonchev–Trinajstić information content (AvgIpc) is 2.94.